The number of aromatic nitrogens is 2. The average molecular weight is 907 g/mol. The van der Waals surface area contributed by atoms with E-state index in [1.807, 2.05) is 48.5 Å². The Morgan fingerprint density at radius 3 is 1.31 bits per heavy atom. The minimum Gasteiger partial charge on any atom is -0.436 e. The summed E-state index contributed by atoms with van der Waals surface area (Å²) in [5.74, 6) is 1.22. The van der Waals surface area contributed by atoms with Crippen LogP contribution in [0.4, 0.5) is 0 Å². The van der Waals surface area contributed by atoms with Gasteiger partial charge in [-0.05, 0) is 168 Å². The molecule has 0 amide bonds. The molecule has 11 aromatic carbocycles. The summed E-state index contributed by atoms with van der Waals surface area (Å²) < 4.78 is 12.3. The molecule has 0 bridgehead atoms. The SMILES string of the molecule is c1ccc(C2(c3ccccc3)c3cc(-c4cccc(-c5cc(-c6ccc(-c7nc8ccccc8o7)cc6)cc(-c6ccc(-c7nc8ccccc8o7)cc6)c5)c4)ccc3-c3ccc4ccccc4c32)cc1. The zero-order valence-corrected chi connectivity index (χ0v) is 38.5. The lowest BCUT2D eigenvalue weighted by molar-refractivity contribution is 0.619. The number of fused-ring (bicyclic) bond motifs is 7. The quantitative estimate of drug-likeness (QED) is 0.152. The minimum atomic E-state index is -0.545. The van der Waals surface area contributed by atoms with E-state index in [-0.39, 0.29) is 0 Å². The van der Waals surface area contributed by atoms with Crippen LogP contribution in [0.15, 0.2) is 264 Å². The van der Waals surface area contributed by atoms with Crippen molar-refractivity contribution in [3.63, 3.8) is 0 Å². The summed E-state index contributed by atoms with van der Waals surface area (Å²) in [7, 11) is 0. The molecule has 13 aromatic rings. The van der Waals surface area contributed by atoms with Gasteiger partial charge in [0.15, 0.2) is 11.2 Å². The van der Waals surface area contributed by atoms with Gasteiger partial charge in [-0.2, -0.15) is 0 Å². The third-order valence-electron chi connectivity index (χ3n) is 14.4. The Morgan fingerprint density at radius 2 is 0.732 bits per heavy atom. The predicted molar refractivity (Wildman–Crippen MR) is 289 cm³/mol. The van der Waals surface area contributed by atoms with Crippen molar-refractivity contribution in [1.29, 1.82) is 0 Å². The fourth-order valence-electron chi connectivity index (χ4n) is 11.1. The number of nitrogens with zero attached hydrogens (tertiary/aromatic N) is 2. The Labute approximate surface area is 410 Å². The highest BCUT2D eigenvalue weighted by atomic mass is 16.4. The molecule has 0 saturated carbocycles. The standard InChI is InChI=1S/C67H42N2O2/c1-3-17-54(18-4-1)67(55-19-5-2-6-20-55)59-42-50(35-36-57(59)58-37-34-45-14-7-8-21-56(45)64(58)67)48-15-13-16-49(38-48)53-40-51(43-26-30-46(31-27-43)65-68-60-22-9-11-24-62(60)70-65)39-52(41-53)44-28-32-47(33-29-44)66-69-61-23-10-12-25-63(61)71-66/h1-42H. The van der Waals surface area contributed by atoms with Crippen LogP contribution < -0.4 is 0 Å². The van der Waals surface area contributed by atoms with Crippen molar-refractivity contribution in [3.8, 4) is 78.5 Å². The van der Waals surface area contributed by atoms with Crippen LogP contribution >= 0.6 is 0 Å². The van der Waals surface area contributed by atoms with E-state index in [2.05, 4.69) is 206 Å². The van der Waals surface area contributed by atoms with Crippen LogP contribution in [0.2, 0.25) is 0 Å². The van der Waals surface area contributed by atoms with Crippen molar-refractivity contribution in [3.05, 3.63) is 277 Å². The van der Waals surface area contributed by atoms with E-state index in [0.29, 0.717) is 11.8 Å². The van der Waals surface area contributed by atoms with Gasteiger partial charge in [-0.15, -0.1) is 0 Å². The molecular formula is C67H42N2O2. The molecule has 0 saturated heterocycles. The van der Waals surface area contributed by atoms with Crippen LogP contribution in [-0.2, 0) is 5.41 Å². The van der Waals surface area contributed by atoms with Gasteiger partial charge in [0.1, 0.15) is 11.0 Å². The normalized spacial score (nSPS) is 12.6. The van der Waals surface area contributed by atoms with E-state index in [9.17, 15) is 0 Å². The van der Waals surface area contributed by atoms with E-state index in [4.69, 9.17) is 18.8 Å². The summed E-state index contributed by atoms with van der Waals surface area (Å²) in [5, 5.41) is 2.51. The number of hydrogen-bond acceptors (Lipinski definition) is 4. The molecule has 14 rings (SSSR count). The molecule has 1 aliphatic rings. The molecule has 4 nitrogen and oxygen atoms in total. The lowest BCUT2D eigenvalue weighted by Gasteiger charge is -2.35. The van der Waals surface area contributed by atoms with Crippen molar-refractivity contribution in [1.82, 2.24) is 9.97 Å². The van der Waals surface area contributed by atoms with E-state index in [1.54, 1.807) is 0 Å². The summed E-state index contributed by atoms with van der Waals surface area (Å²) in [5.41, 5.74) is 21.2. The Bertz CT molecular complexity index is 3910. The van der Waals surface area contributed by atoms with Crippen molar-refractivity contribution < 1.29 is 8.83 Å². The summed E-state index contributed by atoms with van der Waals surface area (Å²) >= 11 is 0. The topological polar surface area (TPSA) is 52.1 Å². The number of oxazole rings is 2. The molecule has 2 heterocycles. The average Bonchev–Trinajstić information content (AvgIpc) is 4.18. The first-order valence-corrected chi connectivity index (χ1v) is 24.1. The molecule has 1 aliphatic carbocycles. The molecule has 0 aliphatic heterocycles. The van der Waals surface area contributed by atoms with Crippen LogP contribution in [0, 0.1) is 0 Å². The maximum absolute atomic E-state index is 6.15. The maximum atomic E-state index is 6.15. The minimum absolute atomic E-state index is 0.545. The Morgan fingerprint density at radius 1 is 0.296 bits per heavy atom. The van der Waals surface area contributed by atoms with Gasteiger partial charge in [0.05, 0.1) is 5.41 Å². The lowest BCUT2D eigenvalue weighted by atomic mass is 9.66. The van der Waals surface area contributed by atoms with Crippen LogP contribution in [0.3, 0.4) is 0 Å². The van der Waals surface area contributed by atoms with Crippen molar-refractivity contribution >= 4 is 33.0 Å². The second-order valence-electron chi connectivity index (χ2n) is 18.5. The van der Waals surface area contributed by atoms with Gasteiger partial charge >= 0.3 is 0 Å². The van der Waals surface area contributed by atoms with E-state index in [1.165, 1.54) is 49.7 Å². The number of benzene rings is 11. The van der Waals surface area contributed by atoms with Crippen molar-refractivity contribution in [2.24, 2.45) is 0 Å². The molecule has 0 spiro atoms. The monoisotopic (exact) mass is 906 g/mol. The van der Waals surface area contributed by atoms with Gasteiger partial charge in [-0.25, -0.2) is 9.97 Å². The zero-order chi connectivity index (χ0) is 46.9. The molecule has 0 unspecified atom stereocenters. The fourth-order valence-corrected chi connectivity index (χ4v) is 11.1. The van der Waals surface area contributed by atoms with Gasteiger partial charge in [-0.1, -0.05) is 176 Å². The highest BCUT2D eigenvalue weighted by Gasteiger charge is 2.47. The first kappa shape index (κ1) is 40.7. The summed E-state index contributed by atoms with van der Waals surface area (Å²) in [6, 6.07) is 91.5. The molecule has 0 radical (unpaired) electrons. The molecular weight excluding hydrogens is 865 g/mol. The van der Waals surface area contributed by atoms with Crippen LogP contribution in [-0.4, -0.2) is 9.97 Å². The molecule has 332 valence electrons. The maximum Gasteiger partial charge on any atom is 0.227 e. The van der Waals surface area contributed by atoms with Crippen LogP contribution in [0.1, 0.15) is 22.3 Å². The summed E-state index contributed by atoms with van der Waals surface area (Å²) in [6.45, 7) is 0. The third kappa shape index (κ3) is 6.75. The van der Waals surface area contributed by atoms with Crippen molar-refractivity contribution in [2.75, 3.05) is 0 Å². The molecule has 2 aromatic heterocycles. The van der Waals surface area contributed by atoms with Gasteiger partial charge in [0.2, 0.25) is 11.8 Å². The molecule has 0 atom stereocenters. The van der Waals surface area contributed by atoms with Crippen LogP contribution in [0.5, 0.6) is 0 Å². The molecule has 0 fully saturated rings. The van der Waals surface area contributed by atoms with E-state index < -0.39 is 5.41 Å². The molecule has 4 heteroatoms. The predicted octanol–water partition coefficient (Wildman–Crippen LogP) is 17.5. The molecule has 71 heavy (non-hydrogen) atoms. The Balaban J connectivity index is 0.899. The largest absolute Gasteiger partial charge is 0.436 e. The Hall–Kier alpha value is -9.38. The van der Waals surface area contributed by atoms with Gasteiger partial charge in [0, 0.05) is 11.1 Å². The number of para-hydroxylation sites is 4. The summed E-state index contributed by atoms with van der Waals surface area (Å²) in [6.07, 6.45) is 0. The smallest absolute Gasteiger partial charge is 0.227 e. The Kier molecular flexibility index (Phi) is 9.39. The van der Waals surface area contributed by atoms with E-state index in [0.717, 1.165) is 72.3 Å². The van der Waals surface area contributed by atoms with E-state index >= 15 is 0 Å². The van der Waals surface area contributed by atoms with Crippen LogP contribution in [0.25, 0.3) is 112 Å². The second kappa shape index (κ2) is 16.4. The fraction of sp³-hybridized carbons (Fsp3) is 0.0149. The first-order valence-electron chi connectivity index (χ1n) is 24.1. The highest BCUT2D eigenvalue weighted by Crippen LogP contribution is 2.58. The second-order valence-corrected chi connectivity index (χ2v) is 18.5. The highest BCUT2D eigenvalue weighted by molar-refractivity contribution is 6.01. The van der Waals surface area contributed by atoms with Gasteiger partial charge < -0.3 is 8.83 Å². The number of rotatable bonds is 8. The number of hydrogen-bond donors (Lipinski definition) is 0. The lowest BCUT2D eigenvalue weighted by Crippen LogP contribution is -2.28. The zero-order valence-electron chi connectivity index (χ0n) is 38.5. The van der Waals surface area contributed by atoms with Gasteiger partial charge in [0.25, 0.3) is 0 Å². The summed E-state index contributed by atoms with van der Waals surface area (Å²) in [4.78, 5) is 9.54. The first-order chi connectivity index (χ1) is 35.1. The van der Waals surface area contributed by atoms with Crippen molar-refractivity contribution in [2.45, 2.75) is 5.41 Å². The molecule has 0 N–H and O–H groups in total. The van der Waals surface area contributed by atoms with Gasteiger partial charge in [-0.3, -0.25) is 0 Å². The third-order valence-corrected chi connectivity index (χ3v) is 14.4.